The number of hydrogen-bond acceptors (Lipinski definition) is 4. The Kier molecular flexibility index (Phi) is 6.57. The number of hydrogen-bond donors (Lipinski definition) is 3. The number of rotatable bonds is 6. The van der Waals surface area contributed by atoms with Crippen LogP contribution < -0.4 is 5.32 Å². The monoisotopic (exact) mass is 319 g/mol. The highest BCUT2D eigenvalue weighted by Crippen LogP contribution is 2.16. The van der Waals surface area contributed by atoms with Crippen LogP contribution in [0, 0.1) is 0 Å². The Bertz CT molecular complexity index is 375. The number of anilines is 1. The molecule has 94 valence electrons. The van der Waals surface area contributed by atoms with E-state index in [9.17, 15) is 4.79 Å². The molecule has 1 atom stereocenters. The molecule has 3 N–H and O–H groups in total. The largest absolute Gasteiger partial charge is 0.394 e. The number of aliphatic hydroxyl groups is 2. The first kappa shape index (κ1) is 14.5. The van der Waals surface area contributed by atoms with Crippen molar-refractivity contribution in [3.8, 4) is 0 Å². The zero-order chi connectivity index (χ0) is 12.7. The molecule has 0 saturated carbocycles. The Morgan fingerprint density at radius 1 is 1.53 bits per heavy atom. The lowest BCUT2D eigenvalue weighted by atomic mass is 10.3. The fraction of sp³-hybridized carbons (Fsp3) is 0.364. The SMILES string of the molecule is O=C(CSCC(O)CO)Nc1cccc(Br)c1. The van der Waals surface area contributed by atoms with Gasteiger partial charge in [0.2, 0.25) is 5.91 Å². The molecule has 0 aliphatic rings. The summed E-state index contributed by atoms with van der Waals surface area (Å²) < 4.78 is 0.902. The molecule has 0 fully saturated rings. The van der Waals surface area contributed by atoms with Crippen LogP contribution in [0.25, 0.3) is 0 Å². The molecule has 0 aliphatic heterocycles. The van der Waals surface area contributed by atoms with Crippen molar-refractivity contribution >= 4 is 39.3 Å². The van der Waals surface area contributed by atoms with Gasteiger partial charge in [0.1, 0.15) is 0 Å². The van der Waals surface area contributed by atoms with Crippen LogP contribution in [0.4, 0.5) is 5.69 Å². The van der Waals surface area contributed by atoms with E-state index in [2.05, 4.69) is 21.2 Å². The lowest BCUT2D eigenvalue weighted by molar-refractivity contribution is -0.113. The second-order valence-corrected chi connectivity index (χ2v) is 5.36. The summed E-state index contributed by atoms with van der Waals surface area (Å²) in [4.78, 5) is 11.5. The van der Waals surface area contributed by atoms with Gasteiger partial charge in [-0.3, -0.25) is 4.79 Å². The van der Waals surface area contributed by atoms with Crippen molar-refractivity contribution in [2.75, 3.05) is 23.4 Å². The van der Waals surface area contributed by atoms with Gasteiger partial charge in [-0.2, -0.15) is 0 Å². The summed E-state index contributed by atoms with van der Waals surface area (Å²) in [7, 11) is 0. The van der Waals surface area contributed by atoms with Crippen molar-refractivity contribution in [1.29, 1.82) is 0 Å². The molecule has 0 heterocycles. The molecule has 0 aliphatic carbocycles. The van der Waals surface area contributed by atoms with Crippen molar-refractivity contribution in [3.05, 3.63) is 28.7 Å². The smallest absolute Gasteiger partial charge is 0.234 e. The standard InChI is InChI=1S/C11H14BrNO3S/c12-8-2-1-3-9(4-8)13-11(16)7-17-6-10(15)5-14/h1-4,10,14-15H,5-7H2,(H,13,16). The Balaban J connectivity index is 2.30. The lowest BCUT2D eigenvalue weighted by Crippen LogP contribution is -2.19. The summed E-state index contributed by atoms with van der Waals surface area (Å²) in [6.45, 7) is -0.278. The minimum atomic E-state index is -0.765. The second-order valence-electron chi connectivity index (χ2n) is 3.41. The van der Waals surface area contributed by atoms with E-state index in [1.807, 2.05) is 18.2 Å². The summed E-state index contributed by atoms with van der Waals surface area (Å²) in [6.07, 6.45) is -0.765. The number of carbonyl (C=O) groups excluding carboxylic acids is 1. The summed E-state index contributed by atoms with van der Waals surface area (Å²) in [5.41, 5.74) is 0.729. The summed E-state index contributed by atoms with van der Waals surface area (Å²) in [6, 6.07) is 7.32. The molecule has 1 amide bonds. The maximum atomic E-state index is 11.5. The highest BCUT2D eigenvalue weighted by Gasteiger charge is 2.06. The molecule has 4 nitrogen and oxygen atoms in total. The van der Waals surface area contributed by atoms with Crippen LogP contribution in [-0.4, -0.2) is 40.3 Å². The molecular weight excluding hydrogens is 306 g/mol. The number of amides is 1. The van der Waals surface area contributed by atoms with Crippen LogP contribution in [-0.2, 0) is 4.79 Å². The lowest BCUT2D eigenvalue weighted by Gasteiger charge is -2.07. The first-order valence-electron chi connectivity index (χ1n) is 5.04. The number of nitrogens with one attached hydrogen (secondary N) is 1. The quantitative estimate of drug-likeness (QED) is 0.742. The predicted molar refractivity (Wildman–Crippen MR) is 73.2 cm³/mol. The van der Waals surface area contributed by atoms with Crippen molar-refractivity contribution in [2.24, 2.45) is 0 Å². The van der Waals surface area contributed by atoms with E-state index in [0.29, 0.717) is 5.75 Å². The van der Waals surface area contributed by atoms with Crippen LogP contribution in [0.1, 0.15) is 0 Å². The molecule has 17 heavy (non-hydrogen) atoms. The number of aliphatic hydroxyl groups excluding tert-OH is 2. The molecule has 1 aromatic carbocycles. The van der Waals surface area contributed by atoms with Crippen molar-refractivity contribution in [2.45, 2.75) is 6.10 Å². The van der Waals surface area contributed by atoms with Gasteiger partial charge in [0, 0.05) is 15.9 Å². The highest BCUT2D eigenvalue weighted by molar-refractivity contribution is 9.10. The Hall–Kier alpha value is -0.560. The maximum Gasteiger partial charge on any atom is 0.234 e. The first-order chi connectivity index (χ1) is 8.11. The second kappa shape index (κ2) is 7.71. The molecule has 0 saturated heterocycles. The topological polar surface area (TPSA) is 69.6 Å². The third-order valence-corrected chi connectivity index (χ3v) is 3.44. The minimum absolute atomic E-state index is 0.127. The van der Waals surface area contributed by atoms with Gasteiger partial charge in [-0.1, -0.05) is 22.0 Å². The minimum Gasteiger partial charge on any atom is -0.394 e. The number of benzene rings is 1. The average Bonchev–Trinajstić information content (AvgIpc) is 2.28. The van der Waals surface area contributed by atoms with Crippen LogP contribution in [0.3, 0.4) is 0 Å². The Morgan fingerprint density at radius 3 is 2.94 bits per heavy atom. The van der Waals surface area contributed by atoms with E-state index >= 15 is 0 Å². The number of halogens is 1. The van der Waals surface area contributed by atoms with E-state index in [4.69, 9.17) is 10.2 Å². The molecule has 0 bridgehead atoms. The van der Waals surface area contributed by atoms with Gasteiger partial charge in [0.05, 0.1) is 18.5 Å². The van der Waals surface area contributed by atoms with Gasteiger partial charge in [-0.05, 0) is 18.2 Å². The third-order valence-electron chi connectivity index (χ3n) is 1.86. The van der Waals surface area contributed by atoms with Gasteiger partial charge in [0.25, 0.3) is 0 Å². The van der Waals surface area contributed by atoms with Crippen LogP contribution >= 0.6 is 27.7 Å². The molecule has 0 aromatic heterocycles. The Morgan fingerprint density at radius 2 is 2.29 bits per heavy atom. The van der Waals surface area contributed by atoms with Crippen molar-refractivity contribution in [1.82, 2.24) is 0 Å². The molecular formula is C11H14BrNO3S. The molecule has 1 unspecified atom stereocenters. The van der Waals surface area contributed by atoms with E-state index in [-0.39, 0.29) is 18.3 Å². The van der Waals surface area contributed by atoms with Crippen LogP contribution in [0.5, 0.6) is 0 Å². The first-order valence-corrected chi connectivity index (χ1v) is 6.98. The third kappa shape index (κ3) is 6.07. The summed E-state index contributed by atoms with van der Waals surface area (Å²) in [5, 5.41) is 20.4. The zero-order valence-corrected chi connectivity index (χ0v) is 11.5. The molecule has 1 rings (SSSR count). The van der Waals surface area contributed by atoms with Crippen molar-refractivity contribution in [3.63, 3.8) is 0 Å². The number of thioether (sulfide) groups is 1. The van der Waals surface area contributed by atoms with Crippen molar-refractivity contribution < 1.29 is 15.0 Å². The predicted octanol–water partition coefficient (Wildman–Crippen LogP) is 1.47. The van der Waals surface area contributed by atoms with Gasteiger partial charge >= 0.3 is 0 Å². The Labute approximate surface area is 113 Å². The number of carbonyl (C=O) groups is 1. The maximum absolute atomic E-state index is 11.5. The fourth-order valence-electron chi connectivity index (χ4n) is 1.10. The normalized spacial score (nSPS) is 12.2. The summed E-state index contributed by atoms with van der Waals surface area (Å²) in [5.74, 6) is 0.477. The van der Waals surface area contributed by atoms with E-state index in [1.165, 1.54) is 11.8 Å². The van der Waals surface area contributed by atoms with Gasteiger partial charge < -0.3 is 15.5 Å². The molecule has 0 radical (unpaired) electrons. The molecule has 6 heteroatoms. The average molecular weight is 320 g/mol. The van der Waals surface area contributed by atoms with E-state index < -0.39 is 6.10 Å². The van der Waals surface area contributed by atoms with E-state index in [0.717, 1.165) is 10.2 Å². The van der Waals surface area contributed by atoms with Gasteiger partial charge in [0.15, 0.2) is 0 Å². The molecule has 1 aromatic rings. The fourth-order valence-corrected chi connectivity index (χ4v) is 2.26. The van der Waals surface area contributed by atoms with Crippen LogP contribution in [0.15, 0.2) is 28.7 Å². The van der Waals surface area contributed by atoms with Gasteiger partial charge in [-0.25, -0.2) is 0 Å². The zero-order valence-electron chi connectivity index (χ0n) is 9.10. The van der Waals surface area contributed by atoms with Gasteiger partial charge in [-0.15, -0.1) is 11.8 Å². The highest BCUT2D eigenvalue weighted by atomic mass is 79.9. The summed E-state index contributed by atoms with van der Waals surface area (Å²) >= 11 is 4.60. The van der Waals surface area contributed by atoms with Crippen LogP contribution in [0.2, 0.25) is 0 Å². The molecule has 0 spiro atoms. The van der Waals surface area contributed by atoms with E-state index in [1.54, 1.807) is 6.07 Å².